The van der Waals surface area contributed by atoms with E-state index < -0.39 is 0 Å². The van der Waals surface area contributed by atoms with E-state index in [0.29, 0.717) is 12.5 Å². The number of hydrogen-bond acceptors (Lipinski definition) is 4. The molecule has 5 nitrogen and oxygen atoms in total. The summed E-state index contributed by atoms with van der Waals surface area (Å²) in [7, 11) is 5.44. The lowest BCUT2D eigenvalue weighted by Gasteiger charge is -2.30. The monoisotopic (exact) mass is 490 g/mol. The Hall–Kier alpha value is -2.79. The Kier molecular flexibility index (Phi) is 8.40. The molecule has 0 radical (unpaired) electrons. The van der Waals surface area contributed by atoms with Crippen LogP contribution in [-0.4, -0.2) is 56.0 Å². The number of nitrogens with zero attached hydrogens (tertiary/aromatic N) is 2. The molecule has 1 heterocycles. The van der Waals surface area contributed by atoms with Gasteiger partial charge in [0, 0.05) is 26.2 Å². The molecular formula is C31H42N2O3. The van der Waals surface area contributed by atoms with Crippen molar-refractivity contribution in [2.75, 3.05) is 34.3 Å². The molecule has 2 aromatic carbocycles. The van der Waals surface area contributed by atoms with E-state index in [0.717, 1.165) is 62.3 Å². The predicted octanol–water partition coefficient (Wildman–Crippen LogP) is 5.75. The van der Waals surface area contributed by atoms with E-state index >= 15 is 0 Å². The van der Waals surface area contributed by atoms with Crippen molar-refractivity contribution < 1.29 is 14.3 Å². The van der Waals surface area contributed by atoms with Crippen molar-refractivity contribution in [3.05, 3.63) is 64.2 Å². The number of likely N-dealkylation sites (N-methyl/N-ethyl adjacent to an activating group) is 1. The molecule has 1 amide bonds. The lowest BCUT2D eigenvalue weighted by Crippen LogP contribution is -2.43. The molecule has 2 aliphatic rings. The van der Waals surface area contributed by atoms with Gasteiger partial charge < -0.3 is 14.4 Å². The van der Waals surface area contributed by atoms with E-state index in [1.165, 1.54) is 27.8 Å². The highest BCUT2D eigenvalue weighted by molar-refractivity contribution is 5.82. The number of allylic oxidation sites excluding steroid dienone is 1. The van der Waals surface area contributed by atoms with Crippen LogP contribution in [0.25, 0.3) is 5.57 Å². The second-order valence-corrected chi connectivity index (χ2v) is 10.9. The summed E-state index contributed by atoms with van der Waals surface area (Å²) in [5, 5.41) is 0. The van der Waals surface area contributed by atoms with Crippen LogP contribution in [-0.2, 0) is 24.2 Å². The van der Waals surface area contributed by atoms with Gasteiger partial charge in [0.05, 0.1) is 13.2 Å². The topological polar surface area (TPSA) is 42.0 Å². The fourth-order valence-electron chi connectivity index (χ4n) is 5.60. The first-order valence-electron chi connectivity index (χ1n) is 13.3. The molecule has 194 valence electrons. The third kappa shape index (κ3) is 5.95. The van der Waals surface area contributed by atoms with Gasteiger partial charge in [-0.15, -0.1) is 0 Å². The average molecular weight is 491 g/mol. The van der Waals surface area contributed by atoms with Crippen molar-refractivity contribution in [3.8, 4) is 11.5 Å². The number of benzene rings is 2. The zero-order valence-electron chi connectivity index (χ0n) is 22.9. The van der Waals surface area contributed by atoms with Crippen molar-refractivity contribution in [2.45, 2.75) is 65.5 Å². The normalized spacial score (nSPS) is 17.9. The minimum Gasteiger partial charge on any atom is -0.496 e. The highest BCUT2D eigenvalue weighted by atomic mass is 16.5. The van der Waals surface area contributed by atoms with Crippen LogP contribution in [0.5, 0.6) is 11.5 Å². The zero-order chi connectivity index (χ0) is 25.8. The van der Waals surface area contributed by atoms with Gasteiger partial charge in [0.2, 0.25) is 5.91 Å². The molecule has 0 unspecified atom stereocenters. The lowest BCUT2D eigenvalue weighted by atomic mass is 9.86. The van der Waals surface area contributed by atoms with Crippen LogP contribution < -0.4 is 9.47 Å². The van der Waals surface area contributed by atoms with Crippen molar-refractivity contribution in [3.63, 3.8) is 0 Å². The minimum absolute atomic E-state index is 0.0221. The smallest absolute Gasteiger partial charge is 0.239 e. The van der Waals surface area contributed by atoms with Gasteiger partial charge in [-0.25, -0.2) is 0 Å². The van der Waals surface area contributed by atoms with Crippen molar-refractivity contribution in [1.29, 1.82) is 0 Å². The molecule has 5 heteroatoms. The summed E-state index contributed by atoms with van der Waals surface area (Å²) >= 11 is 0. The second kappa shape index (κ2) is 11.5. The first-order chi connectivity index (χ1) is 17.3. The van der Waals surface area contributed by atoms with E-state index in [-0.39, 0.29) is 11.9 Å². The molecule has 0 saturated carbocycles. The number of aryl methyl sites for hydroxylation is 1. The quantitative estimate of drug-likeness (QED) is 0.449. The maximum Gasteiger partial charge on any atom is 0.239 e. The van der Waals surface area contributed by atoms with E-state index in [1.807, 2.05) is 14.1 Å². The standard InChI is InChI=1S/C31H42N2O3/c1-21(2)16-23-9-10-26(30(17-23)35-6)20-36-27-13-14-28-22(3)25(12-11-24(28)18-27)19-33-15-7-8-29(33)31(34)32(4)5/h9-10,13-14,17-18,21,29H,7-8,11-12,15-16,19-20H2,1-6H3/t29-/m0/s1. The number of amides is 1. The maximum atomic E-state index is 12.6. The first-order valence-corrected chi connectivity index (χ1v) is 13.3. The van der Waals surface area contributed by atoms with Crippen LogP contribution >= 0.6 is 0 Å². The van der Waals surface area contributed by atoms with Gasteiger partial charge in [0.15, 0.2) is 0 Å². The SMILES string of the molecule is COc1cc(CC(C)C)ccc1COc1ccc2c(c1)CCC(CN1CCC[C@H]1C(=O)N(C)C)=C2C. The van der Waals surface area contributed by atoms with Gasteiger partial charge >= 0.3 is 0 Å². The highest BCUT2D eigenvalue weighted by Crippen LogP contribution is 2.35. The molecular weight excluding hydrogens is 448 g/mol. The molecule has 0 N–H and O–H groups in total. The Morgan fingerprint density at radius 1 is 1.14 bits per heavy atom. The van der Waals surface area contributed by atoms with E-state index in [4.69, 9.17) is 9.47 Å². The molecule has 4 rings (SSSR count). The lowest BCUT2D eigenvalue weighted by molar-refractivity contribution is -0.133. The van der Waals surface area contributed by atoms with Crippen LogP contribution in [0.2, 0.25) is 0 Å². The number of carbonyl (C=O) groups is 1. The second-order valence-electron chi connectivity index (χ2n) is 10.9. The van der Waals surface area contributed by atoms with Crippen LogP contribution in [0.4, 0.5) is 0 Å². The largest absolute Gasteiger partial charge is 0.496 e. The van der Waals surface area contributed by atoms with E-state index in [2.05, 4.69) is 62.1 Å². The van der Waals surface area contributed by atoms with Crippen LogP contribution in [0.1, 0.15) is 62.3 Å². The Bertz CT molecular complexity index is 1120. The third-order valence-corrected chi connectivity index (χ3v) is 7.58. The summed E-state index contributed by atoms with van der Waals surface area (Å²) < 4.78 is 11.9. The van der Waals surface area contributed by atoms with E-state index in [9.17, 15) is 4.79 Å². The van der Waals surface area contributed by atoms with Crippen molar-refractivity contribution in [1.82, 2.24) is 9.80 Å². The van der Waals surface area contributed by atoms with Crippen LogP contribution in [0.15, 0.2) is 42.0 Å². The highest BCUT2D eigenvalue weighted by Gasteiger charge is 2.32. The summed E-state index contributed by atoms with van der Waals surface area (Å²) in [4.78, 5) is 16.7. The number of rotatable bonds is 9. The van der Waals surface area contributed by atoms with Crippen molar-refractivity contribution >= 4 is 11.5 Å². The number of carbonyl (C=O) groups excluding carboxylic acids is 1. The first kappa shape index (κ1) is 26.3. The van der Waals surface area contributed by atoms with Crippen molar-refractivity contribution in [2.24, 2.45) is 5.92 Å². The number of likely N-dealkylation sites (tertiary alicyclic amines) is 1. The van der Waals surface area contributed by atoms with Crippen LogP contribution in [0, 0.1) is 5.92 Å². The molecule has 2 aromatic rings. The molecule has 1 aliphatic heterocycles. The molecule has 0 spiro atoms. The Labute approximate surface area is 217 Å². The van der Waals surface area contributed by atoms with Gasteiger partial charge in [-0.2, -0.15) is 0 Å². The number of methoxy groups -OCH3 is 1. The third-order valence-electron chi connectivity index (χ3n) is 7.58. The van der Waals surface area contributed by atoms with Gasteiger partial charge in [-0.3, -0.25) is 9.69 Å². The Morgan fingerprint density at radius 2 is 1.94 bits per heavy atom. The maximum absolute atomic E-state index is 12.6. The molecule has 36 heavy (non-hydrogen) atoms. The predicted molar refractivity (Wildman–Crippen MR) is 147 cm³/mol. The number of ether oxygens (including phenoxy) is 2. The zero-order valence-corrected chi connectivity index (χ0v) is 22.9. The molecule has 0 aromatic heterocycles. The molecule has 1 atom stereocenters. The molecule has 1 saturated heterocycles. The summed E-state index contributed by atoms with van der Waals surface area (Å²) in [5.41, 5.74) is 7.83. The summed E-state index contributed by atoms with van der Waals surface area (Å²) in [6.07, 6.45) is 5.14. The van der Waals surface area contributed by atoms with Gasteiger partial charge in [-0.05, 0) is 92.0 Å². The van der Waals surface area contributed by atoms with Gasteiger partial charge in [0.25, 0.3) is 0 Å². The number of fused-ring (bicyclic) bond motifs is 1. The summed E-state index contributed by atoms with van der Waals surface area (Å²) in [6.45, 7) is 9.07. The van der Waals surface area contributed by atoms with Gasteiger partial charge in [-0.1, -0.05) is 37.6 Å². The van der Waals surface area contributed by atoms with Crippen LogP contribution in [0.3, 0.4) is 0 Å². The average Bonchev–Trinajstić information content (AvgIpc) is 3.32. The fourth-order valence-corrected chi connectivity index (χ4v) is 5.60. The van der Waals surface area contributed by atoms with Gasteiger partial charge in [0.1, 0.15) is 18.1 Å². The van der Waals surface area contributed by atoms with E-state index in [1.54, 1.807) is 12.0 Å². The molecule has 1 aliphatic carbocycles. The molecule has 0 bridgehead atoms. The Morgan fingerprint density at radius 3 is 2.67 bits per heavy atom. The summed E-state index contributed by atoms with van der Waals surface area (Å²) in [6, 6.07) is 12.9. The number of hydrogen-bond donors (Lipinski definition) is 0. The Balaban J connectivity index is 1.44. The fraction of sp³-hybridized carbons (Fsp3) is 0.516. The minimum atomic E-state index is 0.0221. The summed E-state index contributed by atoms with van der Waals surface area (Å²) in [5.74, 6) is 2.63. The molecule has 1 fully saturated rings.